The van der Waals surface area contributed by atoms with Crippen LogP contribution in [-0.2, 0) is 13.0 Å². The first-order chi connectivity index (χ1) is 11.2. The van der Waals surface area contributed by atoms with Crippen LogP contribution in [-0.4, -0.2) is 17.0 Å². The maximum absolute atomic E-state index is 12.8. The van der Waals surface area contributed by atoms with Crippen LogP contribution in [0.3, 0.4) is 0 Å². The summed E-state index contributed by atoms with van der Waals surface area (Å²) in [5.74, 6) is 0.597. The predicted octanol–water partition coefficient (Wildman–Crippen LogP) is 2.60. The third-order valence-electron chi connectivity index (χ3n) is 4.77. The summed E-state index contributed by atoms with van der Waals surface area (Å²) in [5, 5.41) is 3.07. The molecule has 118 valence electrons. The van der Waals surface area contributed by atoms with Crippen molar-refractivity contribution in [3.63, 3.8) is 0 Å². The summed E-state index contributed by atoms with van der Waals surface area (Å²) in [6, 6.07) is 11.3. The van der Waals surface area contributed by atoms with Crippen LogP contribution < -0.4 is 10.9 Å². The van der Waals surface area contributed by atoms with Gasteiger partial charge in [-0.2, -0.15) is 0 Å². The summed E-state index contributed by atoms with van der Waals surface area (Å²) < 4.78 is 1.76. The van der Waals surface area contributed by atoms with E-state index in [4.69, 9.17) is 0 Å². The summed E-state index contributed by atoms with van der Waals surface area (Å²) in [7, 11) is 0. The second kappa shape index (κ2) is 5.69. The van der Waals surface area contributed by atoms with E-state index in [2.05, 4.69) is 5.32 Å². The SMILES string of the molecule is O=C(NCC1CC1)c1c(-c2ccccc2)cc(=O)n2c1CCC2. The molecule has 1 aliphatic carbocycles. The van der Waals surface area contributed by atoms with E-state index in [9.17, 15) is 9.59 Å². The first kappa shape index (κ1) is 14.2. The van der Waals surface area contributed by atoms with E-state index < -0.39 is 0 Å². The summed E-state index contributed by atoms with van der Waals surface area (Å²) in [6.07, 6.45) is 4.13. The van der Waals surface area contributed by atoms with Crippen LogP contribution in [0.2, 0.25) is 0 Å². The van der Waals surface area contributed by atoms with Gasteiger partial charge in [-0.15, -0.1) is 0 Å². The van der Waals surface area contributed by atoms with E-state index in [0.717, 1.165) is 36.2 Å². The van der Waals surface area contributed by atoms with Gasteiger partial charge in [0.1, 0.15) is 0 Å². The fourth-order valence-electron chi connectivity index (χ4n) is 3.35. The third-order valence-corrected chi connectivity index (χ3v) is 4.77. The molecule has 0 saturated heterocycles. The van der Waals surface area contributed by atoms with Crippen LogP contribution in [0.15, 0.2) is 41.2 Å². The van der Waals surface area contributed by atoms with Crippen molar-refractivity contribution in [1.82, 2.24) is 9.88 Å². The second-order valence-corrected chi connectivity index (χ2v) is 6.49. The summed E-state index contributed by atoms with van der Waals surface area (Å²) >= 11 is 0. The largest absolute Gasteiger partial charge is 0.352 e. The molecule has 1 aliphatic heterocycles. The smallest absolute Gasteiger partial charge is 0.253 e. The van der Waals surface area contributed by atoms with E-state index in [0.29, 0.717) is 18.0 Å². The maximum atomic E-state index is 12.8. The Balaban J connectivity index is 1.82. The molecule has 4 rings (SSSR count). The zero-order chi connectivity index (χ0) is 15.8. The molecule has 0 atom stereocenters. The molecule has 2 aliphatic rings. The van der Waals surface area contributed by atoms with Crippen molar-refractivity contribution in [3.8, 4) is 11.1 Å². The molecule has 1 aromatic heterocycles. The van der Waals surface area contributed by atoms with Gasteiger partial charge in [0.2, 0.25) is 0 Å². The van der Waals surface area contributed by atoms with Crippen LogP contribution in [0.5, 0.6) is 0 Å². The fourth-order valence-corrected chi connectivity index (χ4v) is 3.35. The van der Waals surface area contributed by atoms with E-state index in [1.54, 1.807) is 10.6 Å². The number of amides is 1. The lowest BCUT2D eigenvalue weighted by molar-refractivity contribution is 0.0951. The van der Waals surface area contributed by atoms with Gasteiger partial charge in [-0.3, -0.25) is 9.59 Å². The van der Waals surface area contributed by atoms with Crippen molar-refractivity contribution < 1.29 is 4.79 Å². The van der Waals surface area contributed by atoms with E-state index in [-0.39, 0.29) is 11.5 Å². The number of rotatable bonds is 4. The molecule has 0 radical (unpaired) electrons. The van der Waals surface area contributed by atoms with E-state index in [1.165, 1.54) is 12.8 Å². The highest BCUT2D eigenvalue weighted by Crippen LogP contribution is 2.30. The van der Waals surface area contributed by atoms with Gasteiger partial charge in [0.25, 0.3) is 11.5 Å². The number of carbonyl (C=O) groups excluding carboxylic acids is 1. The Morgan fingerprint density at radius 2 is 2.00 bits per heavy atom. The highest BCUT2D eigenvalue weighted by molar-refractivity contribution is 6.02. The summed E-state index contributed by atoms with van der Waals surface area (Å²) in [6.45, 7) is 1.46. The van der Waals surface area contributed by atoms with Crippen molar-refractivity contribution in [3.05, 3.63) is 58.0 Å². The summed E-state index contributed by atoms with van der Waals surface area (Å²) in [5.41, 5.74) is 3.27. The molecule has 4 nitrogen and oxygen atoms in total. The molecule has 2 aromatic rings. The number of carbonyl (C=O) groups is 1. The number of fused-ring (bicyclic) bond motifs is 1. The van der Waals surface area contributed by atoms with Crippen molar-refractivity contribution in [2.24, 2.45) is 5.92 Å². The van der Waals surface area contributed by atoms with Crippen LogP contribution >= 0.6 is 0 Å². The van der Waals surface area contributed by atoms with Crippen LogP contribution in [0, 0.1) is 5.92 Å². The number of hydrogen-bond donors (Lipinski definition) is 1. The quantitative estimate of drug-likeness (QED) is 0.944. The van der Waals surface area contributed by atoms with Crippen molar-refractivity contribution in [2.75, 3.05) is 6.54 Å². The van der Waals surface area contributed by atoms with Crippen LogP contribution in [0.1, 0.15) is 35.3 Å². The number of nitrogens with one attached hydrogen (secondary N) is 1. The standard InChI is InChI=1S/C19H20N2O2/c22-17-11-15(14-5-2-1-3-6-14)18(16-7-4-10-21(16)17)19(23)20-12-13-8-9-13/h1-3,5-6,11,13H,4,7-10,12H2,(H,20,23). The topological polar surface area (TPSA) is 51.1 Å². The molecule has 1 saturated carbocycles. The molecule has 1 amide bonds. The Labute approximate surface area is 135 Å². The fraction of sp³-hybridized carbons (Fsp3) is 0.368. The Morgan fingerprint density at radius 3 is 2.74 bits per heavy atom. The van der Waals surface area contributed by atoms with Crippen LogP contribution in [0.25, 0.3) is 11.1 Å². The zero-order valence-corrected chi connectivity index (χ0v) is 13.0. The van der Waals surface area contributed by atoms with Crippen LogP contribution in [0.4, 0.5) is 0 Å². The molecular weight excluding hydrogens is 288 g/mol. The highest BCUT2D eigenvalue weighted by Gasteiger charge is 2.27. The van der Waals surface area contributed by atoms with Gasteiger partial charge < -0.3 is 9.88 Å². The normalized spacial score (nSPS) is 16.2. The van der Waals surface area contributed by atoms with Gasteiger partial charge in [0, 0.05) is 30.4 Å². The second-order valence-electron chi connectivity index (χ2n) is 6.49. The molecule has 0 bridgehead atoms. The molecule has 1 aromatic carbocycles. The highest BCUT2D eigenvalue weighted by atomic mass is 16.2. The lowest BCUT2D eigenvalue weighted by Gasteiger charge is -2.15. The molecule has 0 unspecified atom stereocenters. The van der Waals surface area contributed by atoms with Gasteiger partial charge in [0.05, 0.1) is 5.56 Å². The monoisotopic (exact) mass is 308 g/mol. The first-order valence-corrected chi connectivity index (χ1v) is 8.34. The van der Waals surface area contributed by atoms with Crippen molar-refractivity contribution in [2.45, 2.75) is 32.2 Å². The number of nitrogens with zero attached hydrogens (tertiary/aromatic N) is 1. The number of pyridine rings is 1. The van der Waals surface area contributed by atoms with Gasteiger partial charge in [0.15, 0.2) is 0 Å². The van der Waals surface area contributed by atoms with E-state index >= 15 is 0 Å². The van der Waals surface area contributed by atoms with Gasteiger partial charge in [-0.05, 0) is 37.2 Å². The minimum absolute atomic E-state index is 0.00454. The van der Waals surface area contributed by atoms with Crippen molar-refractivity contribution >= 4 is 5.91 Å². The number of hydrogen-bond acceptors (Lipinski definition) is 2. The summed E-state index contributed by atoms with van der Waals surface area (Å²) in [4.78, 5) is 25.2. The lowest BCUT2D eigenvalue weighted by Crippen LogP contribution is -2.30. The Morgan fingerprint density at radius 1 is 1.22 bits per heavy atom. The molecular formula is C19H20N2O2. The third kappa shape index (κ3) is 2.69. The van der Waals surface area contributed by atoms with E-state index in [1.807, 2.05) is 30.3 Å². The molecule has 23 heavy (non-hydrogen) atoms. The Bertz CT molecular complexity index is 804. The number of benzene rings is 1. The minimum Gasteiger partial charge on any atom is -0.352 e. The molecule has 2 heterocycles. The first-order valence-electron chi connectivity index (χ1n) is 8.34. The molecule has 4 heteroatoms. The van der Waals surface area contributed by atoms with Gasteiger partial charge >= 0.3 is 0 Å². The van der Waals surface area contributed by atoms with Gasteiger partial charge in [-0.25, -0.2) is 0 Å². The minimum atomic E-state index is -0.0404. The molecule has 1 N–H and O–H groups in total. The zero-order valence-electron chi connectivity index (χ0n) is 13.0. The van der Waals surface area contributed by atoms with Crippen molar-refractivity contribution in [1.29, 1.82) is 0 Å². The average Bonchev–Trinajstić information content (AvgIpc) is 3.28. The Kier molecular flexibility index (Phi) is 3.52. The Hall–Kier alpha value is -2.36. The maximum Gasteiger partial charge on any atom is 0.253 e. The van der Waals surface area contributed by atoms with Gasteiger partial charge in [-0.1, -0.05) is 30.3 Å². The molecule has 0 spiro atoms. The molecule has 1 fully saturated rings. The lowest BCUT2D eigenvalue weighted by atomic mass is 9.97. The average molecular weight is 308 g/mol. The number of aromatic nitrogens is 1. The predicted molar refractivity (Wildman–Crippen MR) is 89.5 cm³/mol.